The van der Waals surface area contributed by atoms with Crippen molar-refractivity contribution in [3.05, 3.63) is 64.8 Å². The van der Waals surface area contributed by atoms with Gasteiger partial charge in [0.1, 0.15) is 6.42 Å². The Bertz CT molecular complexity index is 949. The van der Waals surface area contributed by atoms with Crippen LogP contribution in [0.4, 0.5) is 5.69 Å². The van der Waals surface area contributed by atoms with Gasteiger partial charge in [0.25, 0.3) is 0 Å². The third kappa shape index (κ3) is 4.43. The van der Waals surface area contributed by atoms with Crippen LogP contribution in [0.1, 0.15) is 17.5 Å². The molecule has 0 aliphatic rings. The Labute approximate surface area is 156 Å². The number of hydrogen-bond donors (Lipinski definition) is 3. The van der Waals surface area contributed by atoms with E-state index < -0.39 is 0 Å². The molecule has 5 nitrogen and oxygen atoms in total. The van der Waals surface area contributed by atoms with Crippen LogP contribution in [0, 0.1) is 6.92 Å². The van der Waals surface area contributed by atoms with Crippen LogP contribution in [0.3, 0.4) is 0 Å². The molecule has 1 heterocycles. The Morgan fingerprint density at radius 2 is 1.92 bits per heavy atom. The molecular formula is C20H20ClN3O2. The molecular weight excluding hydrogens is 350 g/mol. The first-order chi connectivity index (χ1) is 12.5. The van der Waals surface area contributed by atoms with Gasteiger partial charge in [-0.25, -0.2) is 0 Å². The molecule has 0 bridgehead atoms. The van der Waals surface area contributed by atoms with Crippen molar-refractivity contribution in [3.63, 3.8) is 0 Å². The van der Waals surface area contributed by atoms with Gasteiger partial charge in [0.15, 0.2) is 0 Å². The number of fused-ring (bicyclic) bond motifs is 1. The number of aromatic amines is 1. The highest BCUT2D eigenvalue weighted by Gasteiger charge is 2.11. The van der Waals surface area contributed by atoms with Crippen LogP contribution >= 0.6 is 11.6 Å². The third-order valence-electron chi connectivity index (χ3n) is 4.19. The Morgan fingerprint density at radius 3 is 2.77 bits per heavy atom. The lowest BCUT2D eigenvalue weighted by atomic mass is 10.1. The summed E-state index contributed by atoms with van der Waals surface area (Å²) in [6, 6.07) is 13.3. The number of rotatable bonds is 6. The number of H-pyrrole nitrogens is 1. The van der Waals surface area contributed by atoms with Crippen molar-refractivity contribution >= 4 is 40.0 Å². The summed E-state index contributed by atoms with van der Waals surface area (Å²) in [7, 11) is 0. The van der Waals surface area contributed by atoms with E-state index >= 15 is 0 Å². The summed E-state index contributed by atoms with van der Waals surface area (Å²) >= 11 is 5.93. The smallest absolute Gasteiger partial charge is 0.233 e. The van der Waals surface area contributed by atoms with E-state index in [1.54, 1.807) is 12.1 Å². The van der Waals surface area contributed by atoms with Gasteiger partial charge >= 0.3 is 0 Å². The minimum Gasteiger partial charge on any atom is -0.361 e. The fraction of sp³-hybridized carbons (Fsp3) is 0.200. The summed E-state index contributed by atoms with van der Waals surface area (Å²) in [5.74, 6) is -0.665. The number of carbonyl (C=O) groups excluding carboxylic acids is 2. The van der Waals surface area contributed by atoms with Crippen molar-refractivity contribution < 1.29 is 9.59 Å². The van der Waals surface area contributed by atoms with Crippen LogP contribution in [-0.4, -0.2) is 23.3 Å². The van der Waals surface area contributed by atoms with E-state index in [1.165, 1.54) is 0 Å². The van der Waals surface area contributed by atoms with E-state index in [0.29, 0.717) is 23.7 Å². The van der Waals surface area contributed by atoms with Crippen molar-refractivity contribution in [1.82, 2.24) is 10.3 Å². The number of halogens is 1. The van der Waals surface area contributed by atoms with Crippen molar-refractivity contribution in [2.24, 2.45) is 0 Å². The molecule has 0 unspecified atom stereocenters. The molecule has 0 aliphatic carbocycles. The van der Waals surface area contributed by atoms with Crippen LogP contribution in [0.15, 0.2) is 48.7 Å². The number of anilines is 1. The van der Waals surface area contributed by atoms with Crippen LogP contribution in [-0.2, 0) is 16.0 Å². The zero-order chi connectivity index (χ0) is 18.5. The zero-order valence-corrected chi connectivity index (χ0v) is 15.2. The predicted molar refractivity (Wildman–Crippen MR) is 104 cm³/mol. The van der Waals surface area contributed by atoms with Crippen LogP contribution < -0.4 is 10.6 Å². The second kappa shape index (κ2) is 8.06. The van der Waals surface area contributed by atoms with E-state index in [-0.39, 0.29) is 18.2 Å². The van der Waals surface area contributed by atoms with E-state index in [0.717, 1.165) is 22.0 Å². The lowest BCUT2D eigenvalue weighted by Crippen LogP contribution is -2.29. The van der Waals surface area contributed by atoms with Gasteiger partial charge in [-0.3, -0.25) is 9.59 Å². The predicted octanol–water partition coefficient (Wildman–Crippen LogP) is 3.82. The lowest BCUT2D eigenvalue weighted by molar-refractivity contribution is -0.126. The van der Waals surface area contributed by atoms with Crippen molar-refractivity contribution in [2.75, 3.05) is 11.9 Å². The topological polar surface area (TPSA) is 74.0 Å². The van der Waals surface area contributed by atoms with E-state index in [1.807, 2.05) is 43.5 Å². The fourth-order valence-corrected chi connectivity index (χ4v) is 2.98. The number of hydrogen-bond acceptors (Lipinski definition) is 2. The van der Waals surface area contributed by atoms with E-state index in [9.17, 15) is 9.59 Å². The molecule has 134 valence electrons. The Hall–Kier alpha value is -2.79. The van der Waals surface area contributed by atoms with Crippen LogP contribution in [0.25, 0.3) is 10.9 Å². The summed E-state index contributed by atoms with van der Waals surface area (Å²) < 4.78 is 0. The third-order valence-corrected chi connectivity index (χ3v) is 4.42. The number of para-hydroxylation sites is 1. The standard InChI is InChI=1S/C20H20ClN3O2/c1-13-6-7-15(21)10-18(13)24-20(26)11-19(25)22-9-8-14-12-23-17-5-3-2-4-16(14)17/h2-7,10,12,23H,8-9,11H2,1H3,(H,22,25)(H,24,26). The second-order valence-electron chi connectivity index (χ2n) is 6.14. The number of aryl methyl sites for hydroxylation is 1. The zero-order valence-electron chi connectivity index (χ0n) is 14.4. The van der Waals surface area contributed by atoms with Gasteiger partial charge in [-0.1, -0.05) is 35.9 Å². The normalized spacial score (nSPS) is 10.7. The molecule has 6 heteroatoms. The highest BCUT2D eigenvalue weighted by molar-refractivity contribution is 6.31. The van der Waals surface area contributed by atoms with Gasteiger partial charge in [0.2, 0.25) is 11.8 Å². The number of nitrogens with one attached hydrogen (secondary N) is 3. The molecule has 3 N–H and O–H groups in total. The van der Waals surface area contributed by atoms with Gasteiger partial charge in [-0.15, -0.1) is 0 Å². The maximum atomic E-state index is 12.0. The monoisotopic (exact) mass is 369 g/mol. The number of aromatic nitrogens is 1. The van der Waals surface area contributed by atoms with Gasteiger partial charge in [-0.2, -0.15) is 0 Å². The average Bonchev–Trinajstić information content (AvgIpc) is 3.01. The summed E-state index contributed by atoms with van der Waals surface area (Å²) in [5, 5.41) is 7.19. The first-order valence-electron chi connectivity index (χ1n) is 8.40. The maximum Gasteiger partial charge on any atom is 0.233 e. The van der Waals surface area contributed by atoms with Crippen molar-refractivity contribution in [3.8, 4) is 0 Å². The highest BCUT2D eigenvalue weighted by Crippen LogP contribution is 2.20. The van der Waals surface area contributed by atoms with Gasteiger partial charge in [-0.05, 0) is 42.7 Å². The molecule has 0 aliphatic heterocycles. The molecule has 1 aromatic heterocycles. The highest BCUT2D eigenvalue weighted by atomic mass is 35.5. The largest absolute Gasteiger partial charge is 0.361 e. The average molecular weight is 370 g/mol. The maximum absolute atomic E-state index is 12.0. The number of carbonyl (C=O) groups is 2. The second-order valence-corrected chi connectivity index (χ2v) is 6.58. The molecule has 0 radical (unpaired) electrons. The minimum atomic E-state index is -0.361. The molecule has 3 aromatic rings. The van der Waals surface area contributed by atoms with E-state index in [4.69, 9.17) is 11.6 Å². The molecule has 0 fully saturated rings. The number of amides is 2. The molecule has 2 aromatic carbocycles. The Kier molecular flexibility index (Phi) is 5.58. The molecule has 0 atom stereocenters. The number of benzene rings is 2. The van der Waals surface area contributed by atoms with E-state index in [2.05, 4.69) is 15.6 Å². The Balaban J connectivity index is 1.48. The minimum absolute atomic E-state index is 0.222. The molecule has 0 saturated heterocycles. The Morgan fingerprint density at radius 1 is 1.12 bits per heavy atom. The quantitative estimate of drug-likeness (QED) is 0.578. The molecule has 0 spiro atoms. The molecule has 26 heavy (non-hydrogen) atoms. The summed E-state index contributed by atoms with van der Waals surface area (Å²) in [5.41, 5.74) is 3.72. The van der Waals surface area contributed by atoms with Crippen LogP contribution in [0.2, 0.25) is 5.02 Å². The summed E-state index contributed by atoms with van der Waals surface area (Å²) in [6.07, 6.45) is 2.43. The fourth-order valence-electron chi connectivity index (χ4n) is 2.81. The first kappa shape index (κ1) is 18.0. The molecule has 3 rings (SSSR count). The summed E-state index contributed by atoms with van der Waals surface area (Å²) in [4.78, 5) is 27.2. The van der Waals surface area contributed by atoms with Crippen molar-refractivity contribution in [2.45, 2.75) is 19.8 Å². The van der Waals surface area contributed by atoms with Gasteiger partial charge < -0.3 is 15.6 Å². The first-order valence-corrected chi connectivity index (χ1v) is 8.78. The van der Waals surface area contributed by atoms with Crippen LogP contribution in [0.5, 0.6) is 0 Å². The SMILES string of the molecule is Cc1ccc(Cl)cc1NC(=O)CC(=O)NCCc1c[nH]c2ccccc12. The molecule has 2 amide bonds. The summed E-state index contributed by atoms with van der Waals surface area (Å²) in [6.45, 7) is 2.34. The van der Waals surface area contributed by atoms with Crippen molar-refractivity contribution in [1.29, 1.82) is 0 Å². The lowest BCUT2D eigenvalue weighted by Gasteiger charge is -2.09. The van der Waals surface area contributed by atoms with Gasteiger partial charge in [0.05, 0.1) is 0 Å². The van der Waals surface area contributed by atoms with Gasteiger partial charge in [0, 0.05) is 34.4 Å². The molecule has 0 saturated carbocycles.